The molecule has 5 atom stereocenters. The average molecular weight is 473 g/mol. The van der Waals surface area contributed by atoms with E-state index in [1.54, 1.807) is 5.57 Å². The van der Waals surface area contributed by atoms with Crippen LogP contribution in [-0.2, 0) is 4.74 Å². The Bertz CT molecular complexity index is 773. The van der Waals surface area contributed by atoms with Crippen molar-refractivity contribution in [2.24, 2.45) is 29.6 Å². The van der Waals surface area contributed by atoms with Gasteiger partial charge in [0.2, 0.25) is 0 Å². The third-order valence-electron chi connectivity index (χ3n) is 7.23. The smallest absolute Gasteiger partial charge is 0.338 e. The van der Waals surface area contributed by atoms with Gasteiger partial charge in [-0.15, -0.1) is 0 Å². The van der Waals surface area contributed by atoms with Gasteiger partial charge in [-0.25, -0.2) is 4.79 Å². The summed E-state index contributed by atoms with van der Waals surface area (Å²) in [6, 6.07) is 7.44. The van der Waals surface area contributed by atoms with Gasteiger partial charge in [0.1, 0.15) is 0 Å². The second-order valence-corrected chi connectivity index (χ2v) is 10.7. The highest BCUT2D eigenvalue weighted by Crippen LogP contribution is 2.49. The molecule has 1 aromatic rings. The minimum absolute atomic E-state index is 0.196. The molecular weight excluding hydrogens is 436 g/mol. The summed E-state index contributed by atoms with van der Waals surface area (Å²) in [6.07, 6.45) is 12.3. The molecule has 0 aromatic heterocycles. The minimum Gasteiger partial charge on any atom is -0.462 e. The molecule has 1 saturated carbocycles. The number of rotatable bonds is 7. The van der Waals surface area contributed by atoms with Crippen LogP contribution in [0.15, 0.2) is 52.0 Å². The number of carbonyl (C=O) groups excluding carboxylic acids is 1. The highest BCUT2D eigenvalue weighted by molar-refractivity contribution is 9.10. The fourth-order valence-corrected chi connectivity index (χ4v) is 5.76. The van der Waals surface area contributed by atoms with Crippen LogP contribution < -0.4 is 0 Å². The zero-order valence-electron chi connectivity index (χ0n) is 19.0. The first kappa shape index (κ1) is 23.3. The number of ether oxygens (including phenoxy) is 1. The van der Waals surface area contributed by atoms with Crippen molar-refractivity contribution in [1.82, 2.24) is 0 Å². The van der Waals surface area contributed by atoms with E-state index in [0.29, 0.717) is 29.9 Å². The molecule has 3 rings (SSSR count). The Morgan fingerprint density at radius 1 is 1.20 bits per heavy atom. The quantitative estimate of drug-likeness (QED) is 0.296. The van der Waals surface area contributed by atoms with Crippen LogP contribution in [0.4, 0.5) is 0 Å². The Labute approximate surface area is 191 Å². The third-order valence-corrected chi connectivity index (χ3v) is 7.76. The van der Waals surface area contributed by atoms with Crippen LogP contribution in [0.25, 0.3) is 0 Å². The second kappa shape index (κ2) is 10.8. The van der Waals surface area contributed by atoms with Crippen LogP contribution in [0.5, 0.6) is 0 Å². The molecule has 30 heavy (non-hydrogen) atoms. The molecule has 0 bridgehead atoms. The highest BCUT2D eigenvalue weighted by Gasteiger charge is 2.41. The van der Waals surface area contributed by atoms with E-state index in [1.165, 1.54) is 44.1 Å². The number of esters is 1. The summed E-state index contributed by atoms with van der Waals surface area (Å²) in [5.74, 6) is 3.08. The van der Waals surface area contributed by atoms with Crippen molar-refractivity contribution in [1.29, 1.82) is 0 Å². The van der Waals surface area contributed by atoms with E-state index >= 15 is 0 Å². The van der Waals surface area contributed by atoms with Gasteiger partial charge < -0.3 is 4.74 Å². The van der Waals surface area contributed by atoms with Gasteiger partial charge in [-0.2, -0.15) is 0 Å². The molecule has 2 aliphatic carbocycles. The van der Waals surface area contributed by atoms with Crippen LogP contribution in [0.1, 0.15) is 76.6 Å². The first-order chi connectivity index (χ1) is 14.3. The first-order valence-electron chi connectivity index (χ1n) is 11.6. The van der Waals surface area contributed by atoms with Crippen LogP contribution in [0.3, 0.4) is 0 Å². The van der Waals surface area contributed by atoms with Crippen LogP contribution >= 0.6 is 15.9 Å². The molecule has 0 N–H and O–H groups in total. The molecular formula is C27H37BrO2. The Balaban J connectivity index is 1.63. The van der Waals surface area contributed by atoms with Crippen LogP contribution in [-0.4, -0.2) is 12.6 Å². The van der Waals surface area contributed by atoms with Gasteiger partial charge in [-0.1, -0.05) is 46.2 Å². The van der Waals surface area contributed by atoms with Crippen molar-refractivity contribution >= 4 is 21.9 Å². The Morgan fingerprint density at radius 3 is 2.63 bits per heavy atom. The Kier molecular flexibility index (Phi) is 8.39. The van der Waals surface area contributed by atoms with Crippen LogP contribution in [0.2, 0.25) is 0 Å². The van der Waals surface area contributed by atoms with E-state index in [9.17, 15) is 4.79 Å². The number of fused-ring (bicyclic) bond motifs is 1. The lowest BCUT2D eigenvalue weighted by molar-refractivity contribution is 0.0105. The molecule has 0 spiro atoms. The van der Waals surface area contributed by atoms with E-state index in [2.05, 4.69) is 55.8 Å². The molecule has 0 saturated heterocycles. The maximum atomic E-state index is 12.5. The van der Waals surface area contributed by atoms with Crippen molar-refractivity contribution in [3.63, 3.8) is 0 Å². The zero-order valence-corrected chi connectivity index (χ0v) is 20.6. The lowest BCUT2D eigenvalue weighted by atomic mass is 9.59. The van der Waals surface area contributed by atoms with Gasteiger partial charge in [0.25, 0.3) is 0 Å². The number of allylic oxidation sites excluding steroid dienone is 4. The summed E-state index contributed by atoms with van der Waals surface area (Å²) in [6.45, 7) is 9.68. The molecule has 2 aliphatic rings. The Hall–Kier alpha value is -1.35. The van der Waals surface area contributed by atoms with Crippen molar-refractivity contribution < 1.29 is 9.53 Å². The van der Waals surface area contributed by atoms with Crippen molar-refractivity contribution in [2.45, 2.75) is 66.2 Å². The maximum Gasteiger partial charge on any atom is 0.338 e. The normalized spacial score (nSPS) is 26.9. The molecule has 2 nitrogen and oxygen atoms in total. The van der Waals surface area contributed by atoms with Gasteiger partial charge >= 0.3 is 5.97 Å². The fraction of sp³-hybridized carbons (Fsp3) is 0.593. The molecule has 0 radical (unpaired) electrons. The largest absolute Gasteiger partial charge is 0.462 e. The van der Waals surface area contributed by atoms with Gasteiger partial charge in [-0.3, -0.25) is 0 Å². The van der Waals surface area contributed by atoms with Crippen molar-refractivity contribution in [2.75, 3.05) is 6.61 Å². The maximum absolute atomic E-state index is 12.5. The van der Waals surface area contributed by atoms with E-state index in [1.807, 2.05) is 24.3 Å². The predicted octanol–water partition coefficient (Wildman–Crippen LogP) is 7.99. The average Bonchev–Trinajstić information content (AvgIpc) is 2.71. The lowest BCUT2D eigenvalue weighted by Crippen LogP contribution is -2.40. The molecule has 3 heteroatoms. The van der Waals surface area contributed by atoms with Crippen molar-refractivity contribution in [3.8, 4) is 0 Å². The zero-order chi connectivity index (χ0) is 21.7. The molecule has 1 fully saturated rings. The molecule has 0 aliphatic heterocycles. The van der Waals surface area contributed by atoms with Gasteiger partial charge in [-0.05, 0) is 113 Å². The standard InChI is InChI=1S/C27H37BrO2/c1-18(2)6-5-7-20(4)24-15-11-22(25-14-8-19(3)16-26(24)25)17-30-27(29)21-9-12-23(28)13-10-21/h6,9-10,12-13,16,20,22,24-26H,5,7-8,11,14-15,17H2,1-4H3. The van der Waals surface area contributed by atoms with Gasteiger partial charge in [0, 0.05) is 4.47 Å². The van der Waals surface area contributed by atoms with E-state index in [0.717, 1.165) is 16.3 Å². The molecule has 0 amide bonds. The topological polar surface area (TPSA) is 26.3 Å². The predicted molar refractivity (Wildman–Crippen MR) is 128 cm³/mol. The number of carbonyl (C=O) groups is 1. The van der Waals surface area contributed by atoms with Gasteiger partial charge in [0.15, 0.2) is 0 Å². The molecule has 164 valence electrons. The third kappa shape index (κ3) is 6.09. The molecule has 5 unspecified atom stereocenters. The summed E-state index contributed by atoms with van der Waals surface area (Å²) in [4.78, 5) is 12.5. The monoisotopic (exact) mass is 472 g/mol. The molecule has 0 heterocycles. The summed E-state index contributed by atoms with van der Waals surface area (Å²) >= 11 is 3.42. The number of benzene rings is 1. The van der Waals surface area contributed by atoms with Crippen LogP contribution in [0, 0.1) is 29.6 Å². The summed E-state index contributed by atoms with van der Waals surface area (Å²) < 4.78 is 6.76. The Morgan fingerprint density at radius 2 is 1.93 bits per heavy atom. The summed E-state index contributed by atoms with van der Waals surface area (Å²) in [5.41, 5.74) is 3.60. The van der Waals surface area contributed by atoms with Crippen molar-refractivity contribution in [3.05, 3.63) is 57.6 Å². The molecule has 1 aromatic carbocycles. The number of hydrogen-bond acceptors (Lipinski definition) is 2. The number of hydrogen-bond donors (Lipinski definition) is 0. The number of halogens is 1. The summed E-state index contributed by atoms with van der Waals surface area (Å²) in [5, 5.41) is 0. The first-order valence-corrected chi connectivity index (χ1v) is 12.4. The van der Waals surface area contributed by atoms with Gasteiger partial charge in [0.05, 0.1) is 12.2 Å². The lowest BCUT2D eigenvalue weighted by Gasteiger charge is -2.46. The van der Waals surface area contributed by atoms with E-state index in [-0.39, 0.29) is 5.97 Å². The fourth-order valence-electron chi connectivity index (χ4n) is 5.50. The second-order valence-electron chi connectivity index (χ2n) is 9.74. The highest BCUT2D eigenvalue weighted by atomic mass is 79.9. The SMILES string of the molecule is CC(C)=CCCC(C)C1CCC(COC(=O)c2ccc(Br)cc2)C2CCC(C)=CC12. The summed E-state index contributed by atoms with van der Waals surface area (Å²) in [7, 11) is 0. The van der Waals surface area contributed by atoms with E-state index in [4.69, 9.17) is 4.74 Å². The minimum atomic E-state index is -0.196. The van der Waals surface area contributed by atoms with E-state index < -0.39 is 0 Å².